The maximum atomic E-state index is 6.22. The van der Waals surface area contributed by atoms with Crippen molar-refractivity contribution in [2.24, 2.45) is 7.05 Å². The maximum absolute atomic E-state index is 6.22. The molecule has 2 aromatic carbocycles. The lowest BCUT2D eigenvalue weighted by molar-refractivity contribution is 0.288. The summed E-state index contributed by atoms with van der Waals surface area (Å²) in [6, 6.07) is 11.6. The van der Waals surface area contributed by atoms with Crippen LogP contribution in [0.2, 0.25) is 10.0 Å². The SMILES string of the molecule is Cc1ccc(OCc2nnc(SCc3c(Cl)cccc3Cl)n2C)c(C)c1. The molecule has 3 rings (SSSR count). The summed E-state index contributed by atoms with van der Waals surface area (Å²) in [6.45, 7) is 4.46. The van der Waals surface area contributed by atoms with Crippen LogP contribution in [-0.4, -0.2) is 14.8 Å². The van der Waals surface area contributed by atoms with Crippen LogP contribution in [0.3, 0.4) is 0 Å². The van der Waals surface area contributed by atoms with Gasteiger partial charge in [0.2, 0.25) is 0 Å². The number of halogens is 2. The first-order valence-electron chi connectivity index (χ1n) is 8.09. The first-order valence-corrected chi connectivity index (χ1v) is 9.84. The minimum atomic E-state index is 0.362. The molecule has 0 aliphatic rings. The Balaban J connectivity index is 1.66. The van der Waals surface area contributed by atoms with E-state index in [2.05, 4.69) is 23.2 Å². The minimum Gasteiger partial charge on any atom is -0.485 e. The molecule has 0 spiro atoms. The Labute approximate surface area is 167 Å². The number of ether oxygens (including phenoxy) is 1. The number of aryl methyl sites for hydroxylation is 2. The van der Waals surface area contributed by atoms with E-state index in [0.29, 0.717) is 22.4 Å². The second kappa shape index (κ2) is 8.33. The number of hydrogen-bond donors (Lipinski definition) is 0. The monoisotopic (exact) mass is 407 g/mol. The lowest BCUT2D eigenvalue weighted by Crippen LogP contribution is -2.05. The number of benzene rings is 2. The number of nitrogens with zero attached hydrogens (tertiary/aromatic N) is 3. The van der Waals surface area contributed by atoms with Crippen LogP contribution in [0.25, 0.3) is 0 Å². The molecule has 0 saturated carbocycles. The van der Waals surface area contributed by atoms with Crippen molar-refractivity contribution in [1.82, 2.24) is 14.8 Å². The molecule has 0 saturated heterocycles. The van der Waals surface area contributed by atoms with Gasteiger partial charge in [0.1, 0.15) is 12.4 Å². The summed E-state index contributed by atoms with van der Waals surface area (Å²) in [6.07, 6.45) is 0. The van der Waals surface area contributed by atoms with Gasteiger partial charge in [-0.05, 0) is 43.2 Å². The normalized spacial score (nSPS) is 11.0. The van der Waals surface area contributed by atoms with Gasteiger partial charge in [-0.3, -0.25) is 0 Å². The van der Waals surface area contributed by atoms with Crippen LogP contribution in [0, 0.1) is 13.8 Å². The lowest BCUT2D eigenvalue weighted by atomic mass is 10.1. The molecule has 0 bridgehead atoms. The molecule has 26 heavy (non-hydrogen) atoms. The van der Waals surface area contributed by atoms with Crippen molar-refractivity contribution in [3.63, 3.8) is 0 Å². The van der Waals surface area contributed by atoms with E-state index >= 15 is 0 Å². The van der Waals surface area contributed by atoms with Crippen molar-refractivity contribution < 1.29 is 4.74 Å². The number of rotatable bonds is 6. The zero-order valence-corrected chi connectivity index (χ0v) is 17.1. The number of thioether (sulfide) groups is 1. The minimum absolute atomic E-state index is 0.362. The third kappa shape index (κ3) is 4.34. The smallest absolute Gasteiger partial charge is 0.191 e. The Morgan fingerprint density at radius 3 is 2.50 bits per heavy atom. The molecule has 0 radical (unpaired) electrons. The quantitative estimate of drug-likeness (QED) is 0.497. The summed E-state index contributed by atoms with van der Waals surface area (Å²) in [5.41, 5.74) is 3.22. The first-order chi connectivity index (χ1) is 12.5. The highest BCUT2D eigenvalue weighted by Crippen LogP contribution is 2.31. The predicted molar refractivity (Wildman–Crippen MR) is 107 cm³/mol. The van der Waals surface area contributed by atoms with Crippen LogP contribution in [0.5, 0.6) is 5.75 Å². The van der Waals surface area contributed by atoms with Crippen molar-refractivity contribution in [2.45, 2.75) is 31.4 Å². The van der Waals surface area contributed by atoms with E-state index in [9.17, 15) is 0 Å². The molecule has 0 aliphatic carbocycles. The molecule has 0 fully saturated rings. The molecule has 0 amide bonds. The summed E-state index contributed by atoms with van der Waals surface area (Å²) < 4.78 is 7.83. The summed E-state index contributed by atoms with van der Waals surface area (Å²) in [4.78, 5) is 0. The molecule has 0 N–H and O–H groups in total. The van der Waals surface area contributed by atoms with E-state index in [1.165, 1.54) is 5.56 Å². The van der Waals surface area contributed by atoms with Gasteiger partial charge in [0.05, 0.1) is 0 Å². The fourth-order valence-electron chi connectivity index (χ4n) is 2.51. The van der Waals surface area contributed by atoms with Gasteiger partial charge in [-0.2, -0.15) is 0 Å². The Hall–Kier alpha value is -1.69. The molecular weight excluding hydrogens is 389 g/mol. The van der Waals surface area contributed by atoms with Gasteiger partial charge < -0.3 is 9.30 Å². The molecule has 0 atom stereocenters. The lowest BCUT2D eigenvalue weighted by Gasteiger charge is -2.10. The topological polar surface area (TPSA) is 39.9 Å². The molecule has 7 heteroatoms. The van der Waals surface area contributed by atoms with Gasteiger partial charge in [0.15, 0.2) is 11.0 Å². The molecule has 0 aliphatic heterocycles. The molecule has 1 heterocycles. The third-order valence-corrected chi connectivity index (χ3v) is 5.77. The van der Waals surface area contributed by atoms with Crippen LogP contribution >= 0.6 is 35.0 Å². The predicted octanol–water partition coefficient (Wildman–Crippen LogP) is 5.61. The second-order valence-electron chi connectivity index (χ2n) is 6.00. The van der Waals surface area contributed by atoms with Gasteiger partial charge in [0, 0.05) is 22.8 Å². The molecule has 3 aromatic rings. The van der Waals surface area contributed by atoms with Crippen LogP contribution in [0.4, 0.5) is 0 Å². The van der Waals surface area contributed by atoms with Gasteiger partial charge in [0.25, 0.3) is 0 Å². The fraction of sp³-hybridized carbons (Fsp3) is 0.263. The van der Waals surface area contributed by atoms with Gasteiger partial charge >= 0.3 is 0 Å². The molecule has 136 valence electrons. The Bertz CT molecular complexity index is 907. The van der Waals surface area contributed by atoms with Gasteiger partial charge in [-0.15, -0.1) is 10.2 Å². The highest BCUT2D eigenvalue weighted by atomic mass is 35.5. The fourth-order valence-corrected chi connectivity index (χ4v) is 4.18. The summed E-state index contributed by atoms with van der Waals surface area (Å²) in [5, 5.41) is 10.6. The highest BCUT2D eigenvalue weighted by Gasteiger charge is 2.13. The average Bonchev–Trinajstić information content (AvgIpc) is 2.94. The zero-order chi connectivity index (χ0) is 18.7. The van der Waals surface area contributed by atoms with Crippen molar-refractivity contribution in [3.05, 3.63) is 69.0 Å². The van der Waals surface area contributed by atoms with Crippen LogP contribution in [0.15, 0.2) is 41.6 Å². The Morgan fingerprint density at radius 2 is 1.81 bits per heavy atom. The highest BCUT2D eigenvalue weighted by molar-refractivity contribution is 7.98. The molecule has 1 aromatic heterocycles. The van der Waals surface area contributed by atoms with E-state index in [4.69, 9.17) is 27.9 Å². The summed E-state index contributed by atoms with van der Waals surface area (Å²) in [7, 11) is 1.93. The van der Waals surface area contributed by atoms with Gasteiger partial charge in [-0.25, -0.2) is 0 Å². The van der Waals surface area contributed by atoms with Crippen LogP contribution < -0.4 is 4.74 Å². The molecular formula is C19H19Cl2N3OS. The average molecular weight is 408 g/mol. The second-order valence-corrected chi connectivity index (χ2v) is 7.76. The van der Waals surface area contributed by atoms with Crippen molar-refractivity contribution in [3.8, 4) is 5.75 Å². The first kappa shape index (κ1) is 19.1. The van der Waals surface area contributed by atoms with Crippen LogP contribution in [0.1, 0.15) is 22.5 Å². The van der Waals surface area contributed by atoms with Gasteiger partial charge in [-0.1, -0.05) is 58.7 Å². The van der Waals surface area contributed by atoms with Crippen LogP contribution in [-0.2, 0) is 19.4 Å². The zero-order valence-electron chi connectivity index (χ0n) is 14.8. The van der Waals surface area contributed by atoms with E-state index < -0.39 is 0 Å². The van der Waals surface area contributed by atoms with Crippen molar-refractivity contribution >= 4 is 35.0 Å². The number of aromatic nitrogens is 3. The standard InChI is InChI=1S/C19H19Cl2N3OS/c1-12-7-8-17(13(2)9-12)25-10-18-22-23-19(24(18)3)26-11-14-15(20)5-4-6-16(14)21/h4-9H,10-11H2,1-3H3. The van der Waals surface area contributed by atoms with E-state index in [-0.39, 0.29) is 0 Å². The largest absolute Gasteiger partial charge is 0.485 e. The Morgan fingerprint density at radius 1 is 1.08 bits per heavy atom. The molecule has 4 nitrogen and oxygen atoms in total. The third-order valence-electron chi connectivity index (χ3n) is 4.02. The molecule has 0 unspecified atom stereocenters. The van der Waals surface area contributed by atoms with Crippen molar-refractivity contribution in [1.29, 1.82) is 0 Å². The summed E-state index contributed by atoms with van der Waals surface area (Å²) in [5.74, 6) is 2.25. The summed E-state index contributed by atoms with van der Waals surface area (Å²) >= 11 is 14.0. The van der Waals surface area contributed by atoms with E-state index in [1.807, 2.05) is 48.9 Å². The van der Waals surface area contributed by atoms with E-state index in [1.54, 1.807) is 11.8 Å². The Kier molecular flexibility index (Phi) is 6.12. The van der Waals surface area contributed by atoms with Crippen molar-refractivity contribution in [2.75, 3.05) is 0 Å². The number of hydrogen-bond acceptors (Lipinski definition) is 4. The van der Waals surface area contributed by atoms with E-state index in [0.717, 1.165) is 27.9 Å². The maximum Gasteiger partial charge on any atom is 0.191 e.